The summed E-state index contributed by atoms with van der Waals surface area (Å²) in [7, 11) is 0. The van der Waals surface area contributed by atoms with E-state index in [4.69, 9.17) is 0 Å². The van der Waals surface area contributed by atoms with Gasteiger partial charge >= 0.3 is 5.97 Å². The second-order valence-electron chi connectivity index (χ2n) is 4.25. The van der Waals surface area contributed by atoms with E-state index in [0.717, 1.165) is 21.5 Å². The number of benzene rings is 1. The molecule has 0 saturated heterocycles. The number of carboxylic acids is 1. The highest BCUT2D eigenvalue weighted by atomic mass is 127. The van der Waals surface area contributed by atoms with Gasteiger partial charge in [0.2, 0.25) is 0 Å². The van der Waals surface area contributed by atoms with E-state index < -0.39 is 5.97 Å². The van der Waals surface area contributed by atoms with Crippen LogP contribution in [0.15, 0.2) is 18.2 Å². The maximum absolute atomic E-state index is 12.3. The third-order valence-corrected chi connectivity index (χ3v) is 4.15. The van der Waals surface area contributed by atoms with E-state index in [1.54, 1.807) is 12.1 Å². The Bertz CT molecular complexity index is 687. The van der Waals surface area contributed by atoms with Crippen molar-refractivity contribution in [1.82, 2.24) is 9.59 Å². The van der Waals surface area contributed by atoms with Crippen LogP contribution < -0.4 is 5.32 Å². The summed E-state index contributed by atoms with van der Waals surface area (Å²) in [5, 5.41) is 15.8. The van der Waals surface area contributed by atoms with Crippen LogP contribution in [0.4, 0.5) is 5.69 Å². The summed E-state index contributed by atoms with van der Waals surface area (Å²) in [5.41, 5.74) is 0.968. The zero-order chi connectivity index (χ0) is 15.4. The molecule has 110 valence electrons. The van der Waals surface area contributed by atoms with E-state index in [1.165, 1.54) is 6.07 Å². The Balaban J connectivity index is 2.27. The Kier molecular flexibility index (Phi) is 5.23. The second-order valence-corrected chi connectivity index (χ2v) is 6.25. The van der Waals surface area contributed by atoms with E-state index in [-0.39, 0.29) is 17.2 Å². The molecule has 0 spiro atoms. The third-order valence-electron chi connectivity index (χ3n) is 2.71. The fourth-order valence-electron chi connectivity index (χ4n) is 1.76. The minimum atomic E-state index is -1.08. The number of nitrogens with zero attached hydrogens (tertiary/aromatic N) is 2. The van der Waals surface area contributed by atoms with Crippen LogP contribution in [0.1, 0.15) is 39.1 Å². The zero-order valence-corrected chi connectivity index (χ0v) is 14.1. The molecule has 0 unspecified atom stereocenters. The fraction of sp³-hybridized carbons (Fsp3) is 0.231. The molecule has 0 bridgehead atoms. The monoisotopic (exact) mass is 417 g/mol. The highest BCUT2D eigenvalue weighted by Gasteiger charge is 2.18. The van der Waals surface area contributed by atoms with Gasteiger partial charge in [-0.2, -0.15) is 0 Å². The summed E-state index contributed by atoms with van der Waals surface area (Å²) in [5.74, 6) is -1.46. The Hall–Kier alpha value is -1.55. The zero-order valence-electron chi connectivity index (χ0n) is 11.1. The summed E-state index contributed by atoms with van der Waals surface area (Å²) < 4.78 is 4.57. The Morgan fingerprint density at radius 3 is 2.86 bits per heavy atom. The standard InChI is InChI=1S/C13H12IN3O3S/c1-2-3-10-11(21-17-16-10)12(18)15-9-5-4-7(14)6-8(9)13(19)20/h4-6H,2-3H2,1H3,(H,15,18)(H,19,20). The number of hydrogen-bond acceptors (Lipinski definition) is 5. The first-order chi connectivity index (χ1) is 10.0. The molecule has 0 saturated carbocycles. The molecular formula is C13H12IN3O3S. The second kappa shape index (κ2) is 6.94. The summed E-state index contributed by atoms with van der Waals surface area (Å²) in [6, 6.07) is 4.83. The molecule has 0 radical (unpaired) electrons. The van der Waals surface area contributed by atoms with Crippen molar-refractivity contribution < 1.29 is 14.7 Å². The lowest BCUT2D eigenvalue weighted by molar-refractivity contribution is 0.0698. The molecule has 2 N–H and O–H groups in total. The molecule has 0 aliphatic carbocycles. The lowest BCUT2D eigenvalue weighted by atomic mass is 10.1. The van der Waals surface area contributed by atoms with Crippen LogP contribution in [0.5, 0.6) is 0 Å². The van der Waals surface area contributed by atoms with Gasteiger partial charge < -0.3 is 10.4 Å². The number of halogens is 1. The van der Waals surface area contributed by atoms with E-state index >= 15 is 0 Å². The summed E-state index contributed by atoms with van der Waals surface area (Å²) >= 11 is 3.03. The predicted octanol–water partition coefficient (Wildman–Crippen LogP) is 3.05. The van der Waals surface area contributed by atoms with E-state index in [9.17, 15) is 14.7 Å². The van der Waals surface area contributed by atoms with Crippen molar-refractivity contribution in [3.8, 4) is 0 Å². The van der Waals surface area contributed by atoms with Gasteiger partial charge in [0, 0.05) is 3.57 Å². The molecule has 1 aromatic carbocycles. The van der Waals surface area contributed by atoms with Crippen LogP contribution in [0.2, 0.25) is 0 Å². The number of carboxylic acid groups (broad SMARTS) is 1. The number of carbonyl (C=O) groups excluding carboxylic acids is 1. The summed E-state index contributed by atoms with van der Waals surface area (Å²) in [6.07, 6.45) is 1.52. The average molecular weight is 417 g/mol. The smallest absolute Gasteiger partial charge is 0.337 e. The molecule has 2 rings (SSSR count). The van der Waals surface area contributed by atoms with Crippen molar-refractivity contribution in [2.45, 2.75) is 19.8 Å². The molecule has 0 atom stereocenters. The molecule has 2 aromatic rings. The van der Waals surface area contributed by atoms with Crippen LogP contribution in [0.3, 0.4) is 0 Å². The maximum atomic E-state index is 12.3. The first-order valence-electron chi connectivity index (χ1n) is 6.18. The SMILES string of the molecule is CCCc1nnsc1C(=O)Nc1ccc(I)cc1C(=O)O. The third kappa shape index (κ3) is 3.76. The van der Waals surface area contributed by atoms with Gasteiger partial charge in [-0.15, -0.1) is 5.10 Å². The van der Waals surface area contributed by atoms with Crippen LogP contribution in [0, 0.1) is 3.57 Å². The number of aryl methyl sites for hydroxylation is 1. The largest absolute Gasteiger partial charge is 0.478 e. The number of nitrogens with one attached hydrogen (secondary N) is 1. The van der Waals surface area contributed by atoms with Crippen molar-refractivity contribution in [2.24, 2.45) is 0 Å². The number of hydrogen-bond donors (Lipinski definition) is 2. The number of carbonyl (C=O) groups is 2. The van der Waals surface area contributed by atoms with E-state index in [1.807, 2.05) is 29.5 Å². The first-order valence-corrected chi connectivity index (χ1v) is 8.03. The van der Waals surface area contributed by atoms with Gasteiger partial charge in [-0.25, -0.2) is 4.79 Å². The molecule has 0 aliphatic rings. The molecule has 1 aromatic heterocycles. The van der Waals surface area contributed by atoms with Crippen LogP contribution >= 0.6 is 34.1 Å². The lowest BCUT2D eigenvalue weighted by Gasteiger charge is -2.08. The van der Waals surface area contributed by atoms with Gasteiger partial charge in [0.05, 0.1) is 16.9 Å². The number of aromatic nitrogens is 2. The molecule has 21 heavy (non-hydrogen) atoms. The van der Waals surface area contributed by atoms with Crippen molar-refractivity contribution in [3.63, 3.8) is 0 Å². The molecule has 6 nitrogen and oxygen atoms in total. The molecule has 8 heteroatoms. The quantitative estimate of drug-likeness (QED) is 0.730. The predicted molar refractivity (Wildman–Crippen MR) is 88.0 cm³/mol. The van der Waals surface area contributed by atoms with Crippen molar-refractivity contribution in [1.29, 1.82) is 0 Å². The number of rotatable bonds is 5. The van der Waals surface area contributed by atoms with Crippen molar-refractivity contribution in [2.75, 3.05) is 5.32 Å². The highest BCUT2D eigenvalue weighted by Crippen LogP contribution is 2.21. The summed E-state index contributed by atoms with van der Waals surface area (Å²) in [6.45, 7) is 1.99. The summed E-state index contributed by atoms with van der Waals surface area (Å²) in [4.78, 5) is 23.9. The Labute approximate surface area is 138 Å². The van der Waals surface area contributed by atoms with Gasteiger partial charge in [-0.3, -0.25) is 4.79 Å². The highest BCUT2D eigenvalue weighted by molar-refractivity contribution is 14.1. The van der Waals surface area contributed by atoms with Gasteiger partial charge in [0.25, 0.3) is 5.91 Å². The maximum Gasteiger partial charge on any atom is 0.337 e. The number of anilines is 1. The van der Waals surface area contributed by atoms with Crippen molar-refractivity contribution in [3.05, 3.63) is 37.9 Å². The Morgan fingerprint density at radius 2 is 2.19 bits per heavy atom. The first kappa shape index (κ1) is 15.8. The van der Waals surface area contributed by atoms with Crippen LogP contribution in [-0.4, -0.2) is 26.6 Å². The van der Waals surface area contributed by atoms with Crippen LogP contribution in [0.25, 0.3) is 0 Å². The number of amides is 1. The minimum absolute atomic E-state index is 0.0600. The molecule has 0 aliphatic heterocycles. The molecular weight excluding hydrogens is 405 g/mol. The van der Waals surface area contributed by atoms with Gasteiger partial charge in [-0.05, 0) is 58.7 Å². The molecule has 0 fully saturated rings. The molecule has 1 heterocycles. The van der Waals surface area contributed by atoms with Crippen LogP contribution in [-0.2, 0) is 6.42 Å². The molecule has 1 amide bonds. The minimum Gasteiger partial charge on any atom is -0.478 e. The van der Waals surface area contributed by atoms with E-state index in [2.05, 4.69) is 14.9 Å². The topological polar surface area (TPSA) is 92.2 Å². The normalized spacial score (nSPS) is 10.4. The lowest BCUT2D eigenvalue weighted by Crippen LogP contribution is -2.15. The van der Waals surface area contributed by atoms with Gasteiger partial charge in [0.15, 0.2) is 0 Å². The number of aromatic carboxylic acids is 1. The van der Waals surface area contributed by atoms with E-state index in [0.29, 0.717) is 17.0 Å². The average Bonchev–Trinajstić information content (AvgIpc) is 2.89. The Morgan fingerprint density at radius 1 is 1.43 bits per heavy atom. The van der Waals surface area contributed by atoms with Gasteiger partial charge in [-0.1, -0.05) is 17.8 Å². The van der Waals surface area contributed by atoms with Gasteiger partial charge in [0.1, 0.15) is 4.88 Å². The van der Waals surface area contributed by atoms with Crippen molar-refractivity contribution >= 4 is 51.7 Å². The fourth-order valence-corrected chi connectivity index (χ4v) is 2.86.